The molecule has 0 aliphatic heterocycles. The van der Waals surface area contributed by atoms with Gasteiger partial charge in [0.15, 0.2) is 0 Å². The Hall–Kier alpha value is -2.27. The van der Waals surface area contributed by atoms with E-state index in [9.17, 15) is 9.90 Å². The van der Waals surface area contributed by atoms with Gasteiger partial charge >= 0.3 is 0 Å². The summed E-state index contributed by atoms with van der Waals surface area (Å²) in [5.41, 5.74) is 1.89. The van der Waals surface area contributed by atoms with Crippen molar-refractivity contribution < 1.29 is 14.6 Å². The van der Waals surface area contributed by atoms with Gasteiger partial charge in [-0.2, -0.15) is 0 Å². The average Bonchev–Trinajstić information content (AvgIpc) is 2.81. The van der Waals surface area contributed by atoms with Crippen LogP contribution in [0.15, 0.2) is 47.5 Å². The van der Waals surface area contributed by atoms with Crippen LogP contribution in [-0.2, 0) is 0 Å². The fourth-order valence-corrected chi connectivity index (χ4v) is 4.02. The number of ether oxygens (including phenoxy) is 1. The molecule has 2 aromatic carbocycles. The van der Waals surface area contributed by atoms with Crippen LogP contribution in [0.3, 0.4) is 0 Å². The van der Waals surface area contributed by atoms with E-state index in [2.05, 4.69) is 18.8 Å². The first-order valence-electron chi connectivity index (χ1n) is 11.9. The van der Waals surface area contributed by atoms with Gasteiger partial charge in [0.05, 0.1) is 12.3 Å². The molecule has 0 aliphatic rings. The van der Waals surface area contributed by atoms with Gasteiger partial charge in [-0.25, -0.2) is 0 Å². The second kappa shape index (κ2) is 15.5. The number of unbranched alkanes of at least 4 members (excludes halogenated alkanes) is 7. The Bertz CT molecular complexity index is 833. The minimum absolute atomic E-state index is 0.00781. The number of thioether (sulfide) groups is 1. The van der Waals surface area contributed by atoms with Crippen molar-refractivity contribution in [1.82, 2.24) is 0 Å². The van der Waals surface area contributed by atoms with Gasteiger partial charge in [-0.05, 0) is 55.3 Å². The lowest BCUT2D eigenvalue weighted by molar-refractivity contribution is 0.108. The van der Waals surface area contributed by atoms with Gasteiger partial charge in [0.2, 0.25) is 5.12 Å². The SMILES string of the molecule is CCCCCCCCCSC(=O)c1ccc(C=Nc2ccc(OCCCC)cc2)c(O)c1. The first-order chi connectivity index (χ1) is 15.6. The highest BCUT2D eigenvalue weighted by Gasteiger charge is 2.09. The smallest absolute Gasteiger partial charge is 0.219 e. The first-order valence-corrected chi connectivity index (χ1v) is 12.9. The Labute approximate surface area is 197 Å². The summed E-state index contributed by atoms with van der Waals surface area (Å²) in [6.07, 6.45) is 12.4. The number of phenols is 1. The maximum absolute atomic E-state index is 12.4. The lowest BCUT2D eigenvalue weighted by Crippen LogP contribution is -1.96. The standard InChI is InChI=1S/C27H37NO3S/c1-3-5-7-8-9-10-11-19-32-27(30)22-12-13-23(26(29)20-22)21-28-24-14-16-25(17-15-24)31-18-6-4-2/h12-17,20-21,29H,3-11,18-19H2,1-2H3. The van der Waals surface area contributed by atoms with E-state index in [0.29, 0.717) is 11.1 Å². The molecule has 0 unspecified atom stereocenters. The number of carbonyl (C=O) groups is 1. The van der Waals surface area contributed by atoms with E-state index in [4.69, 9.17) is 4.74 Å². The summed E-state index contributed by atoms with van der Waals surface area (Å²) >= 11 is 1.34. The Balaban J connectivity index is 1.79. The van der Waals surface area contributed by atoms with Crippen LogP contribution in [0.5, 0.6) is 11.5 Å². The van der Waals surface area contributed by atoms with Crippen molar-refractivity contribution in [1.29, 1.82) is 0 Å². The number of aromatic hydroxyl groups is 1. The molecule has 0 heterocycles. The Morgan fingerprint density at radius 1 is 0.938 bits per heavy atom. The molecular weight excluding hydrogens is 418 g/mol. The zero-order valence-corrected chi connectivity index (χ0v) is 20.3. The lowest BCUT2D eigenvalue weighted by atomic mass is 10.1. The first kappa shape index (κ1) is 26.0. The van der Waals surface area contributed by atoms with E-state index in [0.717, 1.165) is 43.1 Å². The van der Waals surface area contributed by atoms with Crippen LogP contribution >= 0.6 is 11.8 Å². The van der Waals surface area contributed by atoms with Gasteiger partial charge in [-0.1, -0.05) is 70.6 Å². The molecule has 1 N–H and O–H groups in total. The second-order valence-corrected chi connectivity index (χ2v) is 9.05. The van der Waals surface area contributed by atoms with Crippen molar-refractivity contribution in [2.24, 2.45) is 4.99 Å². The molecule has 174 valence electrons. The summed E-state index contributed by atoms with van der Waals surface area (Å²) in [5, 5.41) is 10.3. The van der Waals surface area contributed by atoms with Gasteiger partial charge in [0, 0.05) is 23.1 Å². The normalized spacial score (nSPS) is 11.2. The molecule has 0 radical (unpaired) electrons. The highest BCUT2D eigenvalue weighted by Crippen LogP contribution is 2.23. The molecule has 5 heteroatoms. The van der Waals surface area contributed by atoms with Gasteiger partial charge in [-0.15, -0.1) is 0 Å². The average molecular weight is 456 g/mol. The zero-order chi connectivity index (χ0) is 23.0. The van der Waals surface area contributed by atoms with Crippen molar-refractivity contribution in [3.63, 3.8) is 0 Å². The van der Waals surface area contributed by atoms with Crippen LogP contribution in [0.2, 0.25) is 0 Å². The summed E-state index contributed by atoms with van der Waals surface area (Å²) in [6, 6.07) is 12.6. The number of aliphatic imine (C=N–C) groups is 1. The van der Waals surface area contributed by atoms with Crippen molar-refractivity contribution in [3.8, 4) is 11.5 Å². The summed E-state index contributed by atoms with van der Waals surface area (Å²) in [5.74, 6) is 1.72. The van der Waals surface area contributed by atoms with Gasteiger partial charge < -0.3 is 9.84 Å². The molecule has 0 bridgehead atoms. The Kier molecular flexibility index (Phi) is 12.6. The van der Waals surface area contributed by atoms with Crippen molar-refractivity contribution in [3.05, 3.63) is 53.6 Å². The fourth-order valence-electron chi connectivity index (χ4n) is 3.19. The molecular formula is C27H37NO3S. The molecule has 0 aliphatic carbocycles. The molecule has 0 saturated carbocycles. The molecule has 0 aromatic heterocycles. The predicted molar refractivity (Wildman–Crippen MR) is 137 cm³/mol. The Morgan fingerprint density at radius 2 is 1.62 bits per heavy atom. The zero-order valence-electron chi connectivity index (χ0n) is 19.5. The van der Waals surface area contributed by atoms with Gasteiger partial charge in [0.25, 0.3) is 0 Å². The van der Waals surface area contributed by atoms with E-state index in [-0.39, 0.29) is 10.9 Å². The maximum atomic E-state index is 12.4. The molecule has 2 aromatic rings. The fraction of sp³-hybridized carbons (Fsp3) is 0.481. The van der Waals surface area contributed by atoms with E-state index in [1.807, 2.05) is 24.3 Å². The van der Waals surface area contributed by atoms with Crippen LogP contribution in [0.25, 0.3) is 0 Å². The number of hydrogen-bond acceptors (Lipinski definition) is 5. The summed E-state index contributed by atoms with van der Waals surface area (Å²) < 4.78 is 5.65. The number of phenolic OH excluding ortho intramolecular Hbond substituents is 1. The van der Waals surface area contributed by atoms with Crippen LogP contribution < -0.4 is 4.74 Å². The number of benzene rings is 2. The monoisotopic (exact) mass is 455 g/mol. The molecule has 0 saturated heterocycles. The van der Waals surface area contributed by atoms with Crippen molar-refractivity contribution in [2.75, 3.05) is 12.4 Å². The molecule has 0 atom stereocenters. The molecule has 32 heavy (non-hydrogen) atoms. The number of carbonyl (C=O) groups excluding carboxylic acids is 1. The number of hydrogen-bond donors (Lipinski definition) is 1. The summed E-state index contributed by atoms with van der Waals surface area (Å²) in [7, 11) is 0. The molecule has 2 rings (SSSR count). The molecule has 0 fully saturated rings. The molecule has 0 amide bonds. The third-order valence-corrected chi connectivity index (χ3v) is 6.19. The Morgan fingerprint density at radius 3 is 2.31 bits per heavy atom. The third-order valence-electron chi connectivity index (χ3n) is 5.20. The van der Waals surface area contributed by atoms with E-state index >= 15 is 0 Å². The van der Waals surface area contributed by atoms with Crippen molar-refractivity contribution >= 4 is 28.8 Å². The highest BCUT2D eigenvalue weighted by molar-refractivity contribution is 8.14. The summed E-state index contributed by atoms with van der Waals surface area (Å²) in [4.78, 5) is 16.8. The number of nitrogens with zero attached hydrogens (tertiary/aromatic N) is 1. The molecule has 4 nitrogen and oxygen atoms in total. The predicted octanol–water partition coefficient (Wildman–Crippen LogP) is 7.95. The van der Waals surface area contributed by atoms with E-state index < -0.39 is 0 Å². The van der Waals surface area contributed by atoms with Gasteiger partial charge in [0.1, 0.15) is 11.5 Å². The quantitative estimate of drug-likeness (QED) is 0.219. The van der Waals surface area contributed by atoms with Crippen LogP contribution in [0, 0.1) is 0 Å². The minimum Gasteiger partial charge on any atom is -0.507 e. The minimum atomic E-state index is 0.00781. The molecule has 0 spiro atoms. The largest absolute Gasteiger partial charge is 0.507 e. The third kappa shape index (κ3) is 9.90. The van der Waals surface area contributed by atoms with E-state index in [1.165, 1.54) is 56.4 Å². The van der Waals surface area contributed by atoms with Crippen LogP contribution in [0.4, 0.5) is 5.69 Å². The van der Waals surface area contributed by atoms with Crippen LogP contribution in [0.1, 0.15) is 87.6 Å². The number of rotatable bonds is 15. The maximum Gasteiger partial charge on any atom is 0.219 e. The van der Waals surface area contributed by atoms with Gasteiger partial charge in [-0.3, -0.25) is 9.79 Å². The highest BCUT2D eigenvalue weighted by atomic mass is 32.2. The van der Waals surface area contributed by atoms with Crippen molar-refractivity contribution in [2.45, 2.75) is 71.6 Å². The topological polar surface area (TPSA) is 58.9 Å². The summed E-state index contributed by atoms with van der Waals surface area (Å²) in [6.45, 7) is 5.08. The van der Waals surface area contributed by atoms with E-state index in [1.54, 1.807) is 18.3 Å². The lowest BCUT2D eigenvalue weighted by Gasteiger charge is -2.05. The van der Waals surface area contributed by atoms with Crippen LogP contribution in [-0.4, -0.2) is 28.8 Å². The second-order valence-electron chi connectivity index (χ2n) is 7.98.